The van der Waals surface area contributed by atoms with Crippen LogP contribution in [0.25, 0.3) is 0 Å². The predicted octanol–water partition coefficient (Wildman–Crippen LogP) is 2.66. The minimum atomic E-state index is -0.953. The van der Waals surface area contributed by atoms with Crippen molar-refractivity contribution in [2.75, 3.05) is 39.3 Å². The minimum Gasteiger partial charge on any atom is -0.457 e. The first kappa shape index (κ1) is 22.3. The van der Waals surface area contributed by atoms with Gasteiger partial charge in [-0.25, -0.2) is 14.0 Å². The molecule has 0 radical (unpaired) electrons. The number of fused-ring (bicyclic) bond motifs is 1. The van der Waals surface area contributed by atoms with Crippen molar-refractivity contribution in [3.63, 3.8) is 0 Å². The number of likely N-dealkylation sites (tertiary alicyclic amines) is 2. The van der Waals surface area contributed by atoms with E-state index in [4.69, 9.17) is 9.47 Å². The third-order valence-corrected chi connectivity index (χ3v) is 8.24. The number of nitrogens with zero attached hydrogens (tertiary/aromatic N) is 2. The van der Waals surface area contributed by atoms with Gasteiger partial charge in [-0.1, -0.05) is 6.07 Å². The fourth-order valence-corrected chi connectivity index (χ4v) is 5.85. The molecule has 7 nitrogen and oxygen atoms in total. The number of aliphatic hydroxyl groups excluding tert-OH is 1. The van der Waals surface area contributed by atoms with Crippen molar-refractivity contribution in [3.8, 4) is 0 Å². The molecule has 5 rings (SSSR count). The first-order valence-corrected chi connectivity index (χ1v) is 11.7. The third kappa shape index (κ3) is 3.83. The highest BCUT2D eigenvalue weighted by Crippen LogP contribution is 2.44. The van der Waals surface area contributed by atoms with Crippen molar-refractivity contribution in [2.45, 2.75) is 52.0 Å². The number of halogens is 1. The van der Waals surface area contributed by atoms with E-state index < -0.39 is 12.3 Å². The highest BCUT2D eigenvalue weighted by molar-refractivity contribution is 5.94. The molecule has 0 saturated carbocycles. The summed E-state index contributed by atoms with van der Waals surface area (Å²) in [6, 6.07) is 3.56. The van der Waals surface area contributed by atoms with E-state index in [1.807, 2.05) is 17.9 Å². The highest BCUT2D eigenvalue weighted by Gasteiger charge is 2.46. The van der Waals surface area contributed by atoms with Crippen LogP contribution in [-0.4, -0.2) is 72.3 Å². The molecule has 0 aromatic heterocycles. The highest BCUT2D eigenvalue weighted by atomic mass is 19.1. The van der Waals surface area contributed by atoms with Gasteiger partial charge in [0, 0.05) is 30.6 Å². The molecule has 4 heterocycles. The number of esters is 2. The lowest BCUT2D eigenvalue weighted by Crippen LogP contribution is -2.53. The fraction of sp³-hybridized carbons (Fsp3) is 0.600. The van der Waals surface area contributed by atoms with E-state index in [2.05, 4.69) is 4.90 Å². The second-order valence-corrected chi connectivity index (χ2v) is 9.87. The van der Waals surface area contributed by atoms with Crippen molar-refractivity contribution < 1.29 is 28.6 Å². The largest absolute Gasteiger partial charge is 0.457 e. The zero-order chi connectivity index (χ0) is 23.3. The molecule has 2 saturated heterocycles. The van der Waals surface area contributed by atoms with E-state index in [-0.39, 0.29) is 30.6 Å². The third-order valence-electron chi connectivity index (χ3n) is 8.24. The van der Waals surface area contributed by atoms with Gasteiger partial charge in [-0.15, -0.1) is 0 Å². The quantitative estimate of drug-likeness (QED) is 0.695. The number of piperidine rings is 2. The van der Waals surface area contributed by atoms with E-state index in [1.165, 1.54) is 0 Å². The number of rotatable bonds is 4. The lowest BCUT2D eigenvalue weighted by molar-refractivity contribution is -0.136. The van der Waals surface area contributed by atoms with E-state index in [1.54, 1.807) is 13.0 Å². The number of hydrogen-bond acceptors (Lipinski definition) is 7. The topological polar surface area (TPSA) is 79.3 Å². The Balaban J connectivity index is 1.19. The number of carbonyl (C=O) groups is 2. The average Bonchev–Trinajstić information content (AvgIpc) is 3.34. The van der Waals surface area contributed by atoms with Crippen molar-refractivity contribution >= 4 is 11.9 Å². The van der Waals surface area contributed by atoms with Gasteiger partial charge < -0.3 is 24.4 Å². The zero-order valence-corrected chi connectivity index (χ0v) is 19.2. The van der Waals surface area contributed by atoms with Crippen LogP contribution in [-0.2, 0) is 20.9 Å². The van der Waals surface area contributed by atoms with E-state index >= 15 is 4.39 Å². The Morgan fingerprint density at radius 3 is 2.45 bits per heavy atom. The van der Waals surface area contributed by atoms with Gasteiger partial charge in [-0.2, -0.15) is 0 Å². The standard InChI is InChI=1S/C25H31FN2O5/c1-15-17(3-4-18-19(15)13-32-24(18)31)21(29)11-27-8-5-25(6-9-27)7-10-28(12-22(25)26)20-14-33-23(30)16(20)2/h3-4,21-22,29H,5-14H2,1-2H3/t21?,22-/m1/s1. The van der Waals surface area contributed by atoms with Crippen LogP contribution in [0.15, 0.2) is 23.4 Å². The van der Waals surface area contributed by atoms with Gasteiger partial charge in [0.15, 0.2) is 0 Å². The molecule has 33 heavy (non-hydrogen) atoms. The molecule has 1 aromatic rings. The lowest BCUT2D eigenvalue weighted by Gasteiger charge is -2.49. The molecular weight excluding hydrogens is 427 g/mol. The molecule has 1 N–H and O–H groups in total. The summed E-state index contributed by atoms with van der Waals surface area (Å²) in [6.45, 7) is 7.20. The number of ether oxygens (including phenoxy) is 2. The Labute approximate surface area is 193 Å². The van der Waals surface area contributed by atoms with Crippen LogP contribution in [0.2, 0.25) is 0 Å². The molecule has 178 valence electrons. The summed E-state index contributed by atoms with van der Waals surface area (Å²) in [5.41, 5.74) is 4.27. The van der Waals surface area contributed by atoms with Gasteiger partial charge in [0.25, 0.3) is 0 Å². The smallest absolute Gasteiger partial charge is 0.338 e. The Kier molecular flexibility index (Phi) is 5.69. The molecule has 0 aliphatic carbocycles. The molecule has 1 aromatic carbocycles. The summed E-state index contributed by atoms with van der Waals surface area (Å²) in [4.78, 5) is 27.6. The van der Waals surface area contributed by atoms with Crippen LogP contribution < -0.4 is 0 Å². The SMILES string of the molecule is CC1=C(N2CCC3(CCN(CC(O)c4ccc5c(c4C)COC5=O)CC3)[C@H](F)C2)COC1=O. The molecule has 1 spiro atoms. The molecule has 0 amide bonds. The van der Waals surface area contributed by atoms with Crippen molar-refractivity contribution in [2.24, 2.45) is 5.41 Å². The maximum absolute atomic E-state index is 15.4. The monoisotopic (exact) mass is 458 g/mol. The number of carbonyl (C=O) groups excluding carboxylic acids is 2. The lowest BCUT2D eigenvalue weighted by atomic mass is 9.69. The Morgan fingerprint density at radius 2 is 1.79 bits per heavy atom. The Bertz CT molecular complexity index is 1010. The van der Waals surface area contributed by atoms with Crippen molar-refractivity contribution in [1.82, 2.24) is 9.80 Å². The van der Waals surface area contributed by atoms with Gasteiger partial charge in [-0.05, 0) is 63.4 Å². The van der Waals surface area contributed by atoms with Gasteiger partial charge in [0.1, 0.15) is 19.4 Å². The van der Waals surface area contributed by atoms with Crippen LogP contribution in [0, 0.1) is 12.3 Å². The van der Waals surface area contributed by atoms with Crippen LogP contribution in [0.3, 0.4) is 0 Å². The van der Waals surface area contributed by atoms with Gasteiger partial charge >= 0.3 is 11.9 Å². The molecule has 8 heteroatoms. The summed E-state index contributed by atoms with van der Waals surface area (Å²) in [5, 5.41) is 10.9. The van der Waals surface area contributed by atoms with Gasteiger partial charge in [0.2, 0.25) is 0 Å². The van der Waals surface area contributed by atoms with Crippen molar-refractivity contribution in [1.29, 1.82) is 0 Å². The minimum absolute atomic E-state index is 0.248. The number of cyclic esters (lactones) is 2. The Morgan fingerprint density at radius 1 is 1.09 bits per heavy atom. The Hall–Kier alpha value is -2.45. The van der Waals surface area contributed by atoms with Crippen LogP contribution in [0.4, 0.5) is 4.39 Å². The number of β-amino-alcohol motifs (C(OH)–C–C–N with tert-alkyl or cyclic N) is 1. The van der Waals surface area contributed by atoms with Gasteiger partial charge in [-0.3, -0.25) is 0 Å². The summed E-state index contributed by atoms with van der Waals surface area (Å²) in [6.07, 6.45) is 0.651. The average molecular weight is 459 g/mol. The summed E-state index contributed by atoms with van der Waals surface area (Å²) >= 11 is 0. The maximum atomic E-state index is 15.4. The molecule has 0 bridgehead atoms. The molecule has 1 unspecified atom stereocenters. The number of hydrogen-bond donors (Lipinski definition) is 1. The fourth-order valence-electron chi connectivity index (χ4n) is 5.85. The summed E-state index contributed by atoms with van der Waals surface area (Å²) in [5.74, 6) is -0.605. The van der Waals surface area contributed by atoms with Gasteiger partial charge in [0.05, 0.1) is 22.9 Å². The molecule has 2 fully saturated rings. The predicted molar refractivity (Wildman–Crippen MR) is 118 cm³/mol. The second-order valence-electron chi connectivity index (χ2n) is 9.87. The molecular formula is C25H31FN2O5. The van der Waals surface area contributed by atoms with Crippen LogP contribution in [0.5, 0.6) is 0 Å². The van der Waals surface area contributed by atoms with E-state index in [0.717, 1.165) is 61.3 Å². The van der Waals surface area contributed by atoms with Crippen LogP contribution in [0.1, 0.15) is 59.3 Å². The first-order chi connectivity index (χ1) is 15.8. The first-order valence-electron chi connectivity index (χ1n) is 11.7. The number of benzene rings is 1. The normalized spacial score (nSPS) is 25.9. The van der Waals surface area contributed by atoms with E-state index in [9.17, 15) is 14.7 Å². The maximum Gasteiger partial charge on any atom is 0.338 e. The number of alkyl halides is 1. The van der Waals surface area contributed by atoms with Crippen molar-refractivity contribution in [3.05, 3.63) is 45.7 Å². The van der Waals surface area contributed by atoms with E-state index in [0.29, 0.717) is 24.2 Å². The number of aliphatic hydroxyl groups is 1. The summed E-state index contributed by atoms with van der Waals surface area (Å²) in [7, 11) is 0. The molecule has 4 aliphatic heterocycles. The summed E-state index contributed by atoms with van der Waals surface area (Å²) < 4.78 is 25.6. The zero-order valence-electron chi connectivity index (χ0n) is 19.2. The molecule has 2 atom stereocenters. The molecule has 4 aliphatic rings. The second kappa shape index (κ2) is 8.40. The van der Waals surface area contributed by atoms with Crippen LogP contribution >= 0.6 is 0 Å².